The van der Waals surface area contributed by atoms with Crippen LogP contribution in [0.15, 0.2) is 117 Å². The van der Waals surface area contributed by atoms with Gasteiger partial charge in [0.05, 0.1) is 27.6 Å². The lowest BCUT2D eigenvalue weighted by Crippen LogP contribution is -2.20. The highest BCUT2D eigenvalue weighted by Gasteiger charge is 2.31. The van der Waals surface area contributed by atoms with Gasteiger partial charge in [-0.3, -0.25) is 14.9 Å². The van der Waals surface area contributed by atoms with E-state index in [-0.39, 0.29) is 45.9 Å². The van der Waals surface area contributed by atoms with Gasteiger partial charge < -0.3 is 4.74 Å². The van der Waals surface area contributed by atoms with Crippen molar-refractivity contribution >= 4 is 49.5 Å². The predicted octanol–water partition coefficient (Wildman–Crippen LogP) is 8.37. The number of hydrogen-bond donors (Lipinski definition) is 0. The Morgan fingerprint density at radius 3 is 2.42 bits per heavy atom. The van der Waals surface area contributed by atoms with E-state index in [4.69, 9.17) is 4.74 Å². The van der Waals surface area contributed by atoms with E-state index in [1.165, 1.54) is 36.5 Å². The van der Waals surface area contributed by atoms with Gasteiger partial charge in [-0.2, -0.15) is 22.9 Å². The van der Waals surface area contributed by atoms with E-state index in [2.05, 4.69) is 26.0 Å². The summed E-state index contributed by atoms with van der Waals surface area (Å²) in [7, 11) is 0. The Labute approximate surface area is 261 Å². The molecule has 0 radical (unpaired) electrons. The summed E-state index contributed by atoms with van der Waals surface area (Å²) in [5.41, 5.74) is -0.734. The Hall–Kier alpha value is -5.36. The van der Waals surface area contributed by atoms with E-state index >= 15 is 0 Å². The van der Waals surface area contributed by atoms with Crippen molar-refractivity contribution in [1.82, 2.24) is 9.66 Å². The maximum absolute atomic E-state index is 13.6. The van der Waals surface area contributed by atoms with Gasteiger partial charge in [-0.15, -0.1) is 0 Å². The smallest absolute Gasteiger partial charge is 0.416 e. The Balaban J connectivity index is 1.49. The molecule has 0 spiro atoms. The lowest BCUT2D eigenvalue weighted by molar-refractivity contribution is -0.386. The minimum absolute atomic E-state index is 0.00233. The number of ether oxygens (including phenoxy) is 1. The second kappa shape index (κ2) is 12.0. The predicted molar refractivity (Wildman–Crippen MR) is 169 cm³/mol. The molecule has 0 fully saturated rings. The molecule has 0 aliphatic carbocycles. The third-order valence-corrected chi connectivity index (χ3v) is 7.48. The molecule has 8 nitrogen and oxygen atoms in total. The first kappa shape index (κ1) is 29.7. The van der Waals surface area contributed by atoms with Gasteiger partial charge >= 0.3 is 11.9 Å². The molecule has 5 aromatic carbocycles. The minimum atomic E-state index is -4.63. The molecular formula is C33H20BrF3N4O4. The number of rotatable bonds is 7. The van der Waals surface area contributed by atoms with Crippen LogP contribution in [0.3, 0.4) is 0 Å². The summed E-state index contributed by atoms with van der Waals surface area (Å²) in [6.07, 6.45) is -3.45. The number of para-hydroxylation sites is 1. The van der Waals surface area contributed by atoms with Gasteiger partial charge in [0.2, 0.25) is 5.75 Å². The second-order valence-corrected chi connectivity index (χ2v) is 10.8. The fourth-order valence-corrected chi connectivity index (χ4v) is 5.39. The van der Waals surface area contributed by atoms with Crippen LogP contribution in [0.25, 0.3) is 33.1 Å². The van der Waals surface area contributed by atoms with Gasteiger partial charge in [0.15, 0.2) is 5.82 Å². The van der Waals surface area contributed by atoms with Crippen LogP contribution < -0.4 is 10.3 Å². The highest BCUT2D eigenvalue weighted by molar-refractivity contribution is 9.10. The highest BCUT2D eigenvalue weighted by Crippen LogP contribution is 2.36. The van der Waals surface area contributed by atoms with E-state index < -0.39 is 22.2 Å². The fourth-order valence-electron chi connectivity index (χ4n) is 4.93. The molecule has 0 N–H and O–H groups in total. The summed E-state index contributed by atoms with van der Waals surface area (Å²) >= 11 is 3.29. The maximum Gasteiger partial charge on any atom is 0.416 e. The number of nitro benzene ring substituents is 1. The van der Waals surface area contributed by atoms with Crippen molar-refractivity contribution in [1.29, 1.82) is 0 Å². The van der Waals surface area contributed by atoms with Gasteiger partial charge in [0.25, 0.3) is 5.56 Å². The normalized spacial score (nSPS) is 11.8. The highest BCUT2D eigenvalue weighted by atomic mass is 79.9. The largest absolute Gasteiger partial charge is 0.481 e. The molecule has 6 rings (SSSR count). The summed E-state index contributed by atoms with van der Waals surface area (Å²) in [6.45, 7) is -0.0162. The van der Waals surface area contributed by atoms with Crippen molar-refractivity contribution in [3.63, 3.8) is 0 Å². The van der Waals surface area contributed by atoms with E-state index in [9.17, 15) is 28.1 Å². The molecule has 0 aliphatic heterocycles. The first-order valence-electron chi connectivity index (χ1n) is 13.4. The minimum Gasteiger partial charge on any atom is -0.481 e. The Morgan fingerprint density at radius 2 is 1.64 bits per heavy atom. The monoisotopic (exact) mass is 672 g/mol. The summed E-state index contributed by atoms with van der Waals surface area (Å²) in [4.78, 5) is 29.6. The zero-order chi connectivity index (χ0) is 31.7. The summed E-state index contributed by atoms with van der Waals surface area (Å²) in [5, 5.41) is 18.5. The van der Waals surface area contributed by atoms with Gasteiger partial charge in [0.1, 0.15) is 6.61 Å². The molecule has 0 aliphatic rings. The van der Waals surface area contributed by atoms with Crippen LogP contribution in [0, 0.1) is 10.1 Å². The van der Waals surface area contributed by atoms with Gasteiger partial charge in [-0.1, -0.05) is 82.7 Å². The summed E-state index contributed by atoms with van der Waals surface area (Å²) in [5.74, 6) is -0.258. The second-order valence-electron chi connectivity index (χ2n) is 9.92. The van der Waals surface area contributed by atoms with E-state index in [1.54, 1.807) is 18.2 Å². The molecule has 0 atom stereocenters. The van der Waals surface area contributed by atoms with Crippen molar-refractivity contribution < 1.29 is 22.8 Å². The molecule has 45 heavy (non-hydrogen) atoms. The first-order chi connectivity index (χ1) is 21.6. The summed E-state index contributed by atoms with van der Waals surface area (Å²) in [6, 6.07) is 26.9. The van der Waals surface area contributed by atoms with Crippen molar-refractivity contribution in [2.45, 2.75) is 12.8 Å². The van der Waals surface area contributed by atoms with E-state index in [0.29, 0.717) is 4.47 Å². The van der Waals surface area contributed by atoms with Crippen LogP contribution in [0.4, 0.5) is 18.9 Å². The van der Waals surface area contributed by atoms with Crippen LogP contribution >= 0.6 is 15.9 Å². The van der Waals surface area contributed by atoms with Crippen molar-refractivity contribution in [3.05, 3.63) is 145 Å². The van der Waals surface area contributed by atoms with Crippen molar-refractivity contribution in [3.8, 4) is 17.1 Å². The number of alkyl halides is 3. The SMILES string of the molecule is O=c1c2ccccc2nc(-c2cccc(C(F)(F)F)c2)n1N=Cc1cc(Br)cc([N+](=O)[O-])c1OCc1cccc2ccccc12. The Bertz CT molecular complexity index is 2190. The zero-order valence-electron chi connectivity index (χ0n) is 23.0. The Kier molecular flexibility index (Phi) is 7.90. The number of fused-ring (bicyclic) bond motifs is 2. The van der Waals surface area contributed by atoms with Crippen LogP contribution in [0.1, 0.15) is 16.7 Å². The Morgan fingerprint density at radius 1 is 0.933 bits per heavy atom. The molecule has 0 saturated heterocycles. The molecule has 12 heteroatoms. The standard InChI is InChI=1S/C33H20BrF3N4O4/c34-25-16-23(30(29(17-25)41(43)44)45-19-22-10-5-8-20-7-1-2-12-26(20)22)18-38-40-31(21-9-6-11-24(15-21)33(35,36)37)39-28-14-4-3-13-27(28)32(40)42/h1-18H,19H2. The fraction of sp³-hybridized carbons (Fsp3) is 0.0606. The number of nitrogens with zero attached hydrogens (tertiary/aromatic N) is 4. The van der Waals surface area contributed by atoms with Crippen molar-refractivity contribution in [2.75, 3.05) is 0 Å². The van der Waals surface area contributed by atoms with Crippen LogP contribution in [0.2, 0.25) is 0 Å². The lowest BCUT2D eigenvalue weighted by atomic mass is 10.1. The van der Waals surface area contributed by atoms with E-state index in [1.807, 2.05) is 42.5 Å². The number of nitro groups is 1. The van der Waals surface area contributed by atoms with Crippen molar-refractivity contribution in [2.24, 2.45) is 5.10 Å². The lowest BCUT2D eigenvalue weighted by Gasteiger charge is -2.13. The third-order valence-electron chi connectivity index (χ3n) is 7.03. The molecule has 0 bridgehead atoms. The molecule has 0 unspecified atom stereocenters. The molecule has 0 saturated carbocycles. The zero-order valence-corrected chi connectivity index (χ0v) is 24.6. The molecule has 224 valence electrons. The number of hydrogen-bond acceptors (Lipinski definition) is 6. The van der Waals surface area contributed by atoms with Crippen LogP contribution in [-0.2, 0) is 12.8 Å². The molecule has 1 aromatic heterocycles. The third kappa shape index (κ3) is 6.04. The molecule has 0 amide bonds. The van der Waals surface area contributed by atoms with Gasteiger partial charge in [-0.05, 0) is 46.7 Å². The molecular weight excluding hydrogens is 653 g/mol. The van der Waals surface area contributed by atoms with Gasteiger partial charge in [-0.25, -0.2) is 4.98 Å². The number of benzene rings is 5. The molecule has 1 heterocycles. The quantitative estimate of drug-likeness (QED) is 0.0964. The van der Waals surface area contributed by atoms with E-state index in [0.717, 1.165) is 33.1 Å². The van der Waals surface area contributed by atoms with Gasteiger partial charge in [0, 0.05) is 21.7 Å². The summed E-state index contributed by atoms with van der Waals surface area (Å²) < 4.78 is 48.0. The number of aromatic nitrogens is 2. The van der Waals surface area contributed by atoms with Crippen LogP contribution in [-0.4, -0.2) is 20.8 Å². The first-order valence-corrected chi connectivity index (χ1v) is 14.2. The van der Waals surface area contributed by atoms with Crippen LogP contribution in [0.5, 0.6) is 5.75 Å². The average molecular weight is 673 g/mol. The topological polar surface area (TPSA) is 99.6 Å². The molecule has 6 aromatic rings. The number of halogens is 4. The maximum atomic E-state index is 13.6. The average Bonchev–Trinajstić information content (AvgIpc) is 3.03.